The molecule has 0 radical (unpaired) electrons. The van der Waals surface area contributed by atoms with E-state index in [0.717, 1.165) is 14.7 Å². The predicted molar refractivity (Wildman–Crippen MR) is 93.0 cm³/mol. The molecule has 19 heavy (non-hydrogen) atoms. The van der Waals surface area contributed by atoms with Crippen molar-refractivity contribution in [2.24, 2.45) is 5.73 Å². The van der Waals surface area contributed by atoms with Gasteiger partial charge in [0.1, 0.15) is 0 Å². The zero-order valence-corrected chi connectivity index (χ0v) is 15.3. The molecule has 2 atom stereocenters. The van der Waals surface area contributed by atoms with Crippen molar-refractivity contribution in [1.82, 2.24) is 0 Å². The number of nitrogens with two attached hydrogens (primary N) is 1. The smallest absolute Gasteiger partial charge is 0.0701 e. The van der Waals surface area contributed by atoms with Gasteiger partial charge in [-0.15, -0.1) is 23.1 Å². The van der Waals surface area contributed by atoms with Gasteiger partial charge in [0.2, 0.25) is 0 Å². The first-order chi connectivity index (χ1) is 9.10. The van der Waals surface area contributed by atoms with E-state index in [9.17, 15) is 0 Å². The third-order valence-corrected chi connectivity index (χ3v) is 6.60. The summed E-state index contributed by atoms with van der Waals surface area (Å²) in [5.74, 6) is 0. The fraction of sp³-hybridized carbons (Fsp3) is 0.286. The summed E-state index contributed by atoms with van der Waals surface area (Å²) < 4.78 is 2.26. The summed E-state index contributed by atoms with van der Waals surface area (Å²) in [5, 5.41) is 0.308. The molecule has 1 aromatic heterocycles. The maximum Gasteiger partial charge on any atom is 0.0701 e. The van der Waals surface area contributed by atoms with Crippen molar-refractivity contribution in [3.8, 4) is 0 Å². The molecule has 0 amide bonds. The summed E-state index contributed by atoms with van der Waals surface area (Å²) >= 11 is 10.6. The minimum atomic E-state index is 0.166. The maximum atomic E-state index is 6.30. The van der Waals surface area contributed by atoms with Gasteiger partial charge < -0.3 is 5.73 Å². The third-order valence-electron chi connectivity index (χ3n) is 2.81. The Bertz CT molecular complexity index is 524. The fourth-order valence-electron chi connectivity index (χ4n) is 1.71. The molecular formula is C14H15Br2NS2. The zero-order valence-electron chi connectivity index (χ0n) is 10.5. The molecule has 1 aromatic carbocycles. The normalized spacial score (nSPS) is 14.3. The minimum absolute atomic E-state index is 0.166. The third kappa shape index (κ3) is 4.33. The van der Waals surface area contributed by atoms with E-state index < -0.39 is 0 Å². The van der Waals surface area contributed by atoms with Crippen LogP contribution < -0.4 is 5.73 Å². The molecule has 1 nitrogen and oxygen atoms in total. The number of hydrogen-bond acceptors (Lipinski definition) is 3. The van der Waals surface area contributed by atoms with Crippen LogP contribution in [-0.2, 0) is 0 Å². The Morgan fingerprint density at radius 1 is 1.16 bits per heavy atom. The average molecular weight is 421 g/mol. The Morgan fingerprint density at radius 2 is 1.84 bits per heavy atom. The van der Waals surface area contributed by atoms with E-state index in [1.54, 1.807) is 11.3 Å². The van der Waals surface area contributed by atoms with E-state index in [0.29, 0.717) is 5.25 Å². The molecule has 2 aromatic rings. The summed E-state index contributed by atoms with van der Waals surface area (Å²) in [5.41, 5.74) is 6.30. The summed E-state index contributed by atoms with van der Waals surface area (Å²) in [4.78, 5) is 2.58. The van der Waals surface area contributed by atoms with Crippen molar-refractivity contribution in [3.63, 3.8) is 0 Å². The second-order valence-electron chi connectivity index (χ2n) is 4.21. The molecule has 2 rings (SSSR count). The van der Waals surface area contributed by atoms with Gasteiger partial charge in [0.05, 0.1) is 9.04 Å². The van der Waals surface area contributed by atoms with Crippen molar-refractivity contribution in [2.75, 3.05) is 0 Å². The van der Waals surface area contributed by atoms with Gasteiger partial charge in [-0.2, -0.15) is 0 Å². The van der Waals surface area contributed by atoms with Crippen LogP contribution in [0, 0.1) is 0 Å². The first-order valence-electron chi connectivity index (χ1n) is 6.03. The quantitative estimate of drug-likeness (QED) is 0.614. The van der Waals surface area contributed by atoms with Gasteiger partial charge in [-0.05, 0) is 58.7 Å². The van der Waals surface area contributed by atoms with Crippen molar-refractivity contribution >= 4 is 55.0 Å². The Balaban J connectivity index is 2.21. The van der Waals surface area contributed by atoms with Crippen molar-refractivity contribution in [3.05, 3.63) is 49.5 Å². The molecule has 0 aliphatic heterocycles. The molecular weight excluding hydrogens is 406 g/mol. The lowest BCUT2D eigenvalue weighted by atomic mass is 10.1. The largest absolute Gasteiger partial charge is 0.326 e. The first kappa shape index (κ1) is 15.6. The number of thiophene rings is 1. The second-order valence-corrected chi connectivity index (χ2v) is 8.83. The molecule has 0 bridgehead atoms. The van der Waals surface area contributed by atoms with Gasteiger partial charge in [0.25, 0.3) is 0 Å². The highest BCUT2D eigenvalue weighted by Gasteiger charge is 2.21. The lowest BCUT2D eigenvalue weighted by Gasteiger charge is -2.21. The zero-order chi connectivity index (χ0) is 13.8. The Hall–Kier alpha value is 0.190. The summed E-state index contributed by atoms with van der Waals surface area (Å²) in [6.07, 6.45) is 0.976. The topological polar surface area (TPSA) is 26.0 Å². The highest BCUT2D eigenvalue weighted by atomic mass is 79.9. The van der Waals surface area contributed by atoms with E-state index >= 15 is 0 Å². The fourth-order valence-corrected chi connectivity index (χ4v) is 4.89. The highest BCUT2D eigenvalue weighted by Crippen LogP contribution is 2.42. The van der Waals surface area contributed by atoms with Crippen LogP contribution in [0.3, 0.4) is 0 Å². The lowest BCUT2D eigenvalue weighted by molar-refractivity contribution is 0.640. The van der Waals surface area contributed by atoms with Gasteiger partial charge in [0.15, 0.2) is 0 Å². The molecule has 0 fully saturated rings. The van der Waals surface area contributed by atoms with Crippen LogP contribution in [0.4, 0.5) is 0 Å². The van der Waals surface area contributed by atoms with Crippen LogP contribution in [0.2, 0.25) is 0 Å². The van der Waals surface area contributed by atoms with Gasteiger partial charge in [-0.1, -0.05) is 22.9 Å². The molecule has 0 saturated heterocycles. The monoisotopic (exact) mass is 419 g/mol. The molecule has 2 unspecified atom stereocenters. The van der Waals surface area contributed by atoms with E-state index in [1.165, 1.54) is 9.77 Å². The molecule has 0 aliphatic rings. The summed E-state index contributed by atoms with van der Waals surface area (Å²) in [6, 6.07) is 12.8. The summed E-state index contributed by atoms with van der Waals surface area (Å²) in [7, 11) is 0. The molecule has 1 heterocycles. The van der Waals surface area contributed by atoms with Gasteiger partial charge in [-0.25, -0.2) is 0 Å². The molecule has 0 spiro atoms. The lowest BCUT2D eigenvalue weighted by Crippen LogP contribution is -2.25. The number of thioether (sulfide) groups is 1. The molecule has 0 aliphatic carbocycles. The SMILES string of the molecule is CCC(N)C(Sc1ccc(Br)cc1)c1ccc(Br)s1. The summed E-state index contributed by atoms with van der Waals surface area (Å²) in [6.45, 7) is 2.14. The molecule has 5 heteroatoms. The molecule has 0 saturated carbocycles. The average Bonchev–Trinajstić information content (AvgIpc) is 2.83. The van der Waals surface area contributed by atoms with Crippen LogP contribution in [0.1, 0.15) is 23.5 Å². The van der Waals surface area contributed by atoms with E-state index in [-0.39, 0.29) is 6.04 Å². The van der Waals surface area contributed by atoms with Gasteiger partial charge in [-0.3, -0.25) is 0 Å². The second kappa shape index (κ2) is 7.27. The van der Waals surface area contributed by atoms with E-state index in [2.05, 4.69) is 75.2 Å². The predicted octanol–water partition coefficient (Wildman–Crippen LogP) is 5.84. The van der Waals surface area contributed by atoms with Gasteiger partial charge >= 0.3 is 0 Å². The van der Waals surface area contributed by atoms with Gasteiger partial charge in [0, 0.05) is 20.3 Å². The van der Waals surface area contributed by atoms with Crippen molar-refractivity contribution in [2.45, 2.75) is 29.5 Å². The first-order valence-corrected chi connectivity index (χ1v) is 9.31. The Morgan fingerprint density at radius 3 is 2.37 bits per heavy atom. The molecule has 102 valence electrons. The minimum Gasteiger partial charge on any atom is -0.326 e. The molecule has 2 N–H and O–H groups in total. The number of rotatable bonds is 5. The number of hydrogen-bond donors (Lipinski definition) is 1. The Kier molecular flexibility index (Phi) is 5.96. The van der Waals surface area contributed by atoms with Crippen molar-refractivity contribution in [1.29, 1.82) is 0 Å². The van der Waals surface area contributed by atoms with Crippen LogP contribution >= 0.6 is 55.0 Å². The maximum absolute atomic E-state index is 6.30. The van der Waals surface area contributed by atoms with Crippen LogP contribution in [0.15, 0.2) is 49.6 Å². The van der Waals surface area contributed by atoms with Crippen LogP contribution in [0.5, 0.6) is 0 Å². The number of halogens is 2. The van der Waals surface area contributed by atoms with E-state index in [1.807, 2.05) is 11.8 Å². The van der Waals surface area contributed by atoms with Crippen molar-refractivity contribution < 1.29 is 0 Å². The van der Waals surface area contributed by atoms with Crippen LogP contribution in [-0.4, -0.2) is 6.04 Å². The number of benzene rings is 1. The Labute approximate surface area is 139 Å². The standard InChI is InChI=1S/C14H15Br2NS2/c1-2-11(17)14(12-7-8-13(16)19-12)18-10-5-3-9(15)4-6-10/h3-8,11,14H,2,17H2,1H3. The van der Waals surface area contributed by atoms with E-state index in [4.69, 9.17) is 5.73 Å². The highest BCUT2D eigenvalue weighted by molar-refractivity contribution is 9.11. The van der Waals surface area contributed by atoms with Crippen LogP contribution in [0.25, 0.3) is 0 Å².